The average molecular weight is 727 g/mol. The Bertz CT molecular complexity index is 3330. The molecule has 0 spiro atoms. The van der Waals surface area contributed by atoms with Crippen LogP contribution in [0.1, 0.15) is 0 Å². The fraction of sp³-hybridized carbons (Fsp3) is 0. The molecular weight excluding hydrogens is 693 g/mol. The number of aromatic nitrogens is 1. The maximum absolute atomic E-state index is 6.53. The maximum Gasteiger partial charge on any atom is 0.159 e. The molecule has 0 fully saturated rings. The van der Waals surface area contributed by atoms with Gasteiger partial charge in [-0.05, 0) is 99.6 Å². The highest BCUT2D eigenvalue weighted by molar-refractivity contribution is 6.14. The van der Waals surface area contributed by atoms with Crippen LogP contribution in [0.4, 0.5) is 17.1 Å². The third-order valence-electron chi connectivity index (χ3n) is 11.8. The predicted molar refractivity (Wildman–Crippen MR) is 238 cm³/mol. The molecule has 12 rings (SSSR count). The highest BCUT2D eigenvalue weighted by Crippen LogP contribution is 2.54. The Morgan fingerprint density at radius 2 is 0.947 bits per heavy atom. The first-order valence-corrected chi connectivity index (χ1v) is 19.5. The molecule has 11 aromatic rings. The summed E-state index contributed by atoms with van der Waals surface area (Å²) in [5.41, 5.74) is 18.5. The zero-order valence-electron chi connectivity index (χ0n) is 30.9. The average Bonchev–Trinajstić information content (AvgIpc) is 3.82. The van der Waals surface area contributed by atoms with Crippen molar-refractivity contribution in [2.24, 2.45) is 0 Å². The predicted octanol–water partition coefficient (Wildman–Crippen LogP) is 15.1. The molecule has 2 aromatic heterocycles. The number of furan rings is 1. The molecule has 0 saturated carbocycles. The molecular formula is C54H34N2O. The van der Waals surface area contributed by atoms with Gasteiger partial charge in [0, 0.05) is 38.5 Å². The van der Waals surface area contributed by atoms with Crippen LogP contribution in [-0.2, 0) is 0 Å². The molecule has 3 nitrogen and oxygen atoms in total. The van der Waals surface area contributed by atoms with E-state index in [1.807, 2.05) is 12.1 Å². The number of para-hydroxylation sites is 3. The Kier molecular flexibility index (Phi) is 6.93. The largest absolute Gasteiger partial charge is 0.454 e. The van der Waals surface area contributed by atoms with E-state index in [0.29, 0.717) is 0 Å². The number of benzene rings is 9. The summed E-state index contributed by atoms with van der Waals surface area (Å²) in [6.45, 7) is 0. The number of hydrogen-bond acceptors (Lipinski definition) is 2. The summed E-state index contributed by atoms with van der Waals surface area (Å²) in [7, 11) is 0. The number of rotatable bonds is 6. The van der Waals surface area contributed by atoms with Gasteiger partial charge in [-0.15, -0.1) is 0 Å². The van der Waals surface area contributed by atoms with Gasteiger partial charge in [0.25, 0.3) is 0 Å². The van der Waals surface area contributed by atoms with Crippen LogP contribution in [0, 0.1) is 0 Å². The smallest absolute Gasteiger partial charge is 0.159 e. The summed E-state index contributed by atoms with van der Waals surface area (Å²) in [6.07, 6.45) is 0. The fourth-order valence-corrected chi connectivity index (χ4v) is 9.09. The van der Waals surface area contributed by atoms with Gasteiger partial charge >= 0.3 is 0 Å². The first-order chi connectivity index (χ1) is 28.3. The first-order valence-electron chi connectivity index (χ1n) is 19.5. The summed E-state index contributed by atoms with van der Waals surface area (Å²) < 4.78 is 8.89. The summed E-state index contributed by atoms with van der Waals surface area (Å²) >= 11 is 0. The van der Waals surface area contributed by atoms with Gasteiger partial charge in [0.2, 0.25) is 0 Å². The molecule has 1 aliphatic carbocycles. The van der Waals surface area contributed by atoms with Crippen LogP contribution in [0.3, 0.4) is 0 Å². The van der Waals surface area contributed by atoms with Gasteiger partial charge in [-0.25, -0.2) is 0 Å². The Morgan fingerprint density at radius 1 is 0.368 bits per heavy atom. The number of hydrogen-bond donors (Lipinski definition) is 0. The molecule has 1 aliphatic rings. The topological polar surface area (TPSA) is 21.3 Å². The number of fused-ring (bicyclic) bond motifs is 10. The van der Waals surface area contributed by atoms with Crippen LogP contribution in [0.25, 0.3) is 93.9 Å². The van der Waals surface area contributed by atoms with E-state index in [-0.39, 0.29) is 0 Å². The number of anilines is 3. The fourth-order valence-electron chi connectivity index (χ4n) is 9.09. The van der Waals surface area contributed by atoms with Crippen molar-refractivity contribution in [3.63, 3.8) is 0 Å². The lowest BCUT2D eigenvalue weighted by molar-refractivity contribution is 0.666. The van der Waals surface area contributed by atoms with Crippen LogP contribution in [-0.4, -0.2) is 4.57 Å². The first kappa shape index (κ1) is 31.7. The quantitative estimate of drug-likeness (QED) is 0.170. The zero-order valence-corrected chi connectivity index (χ0v) is 30.9. The molecule has 0 unspecified atom stereocenters. The van der Waals surface area contributed by atoms with Crippen LogP contribution >= 0.6 is 0 Å². The second-order valence-electron chi connectivity index (χ2n) is 14.9. The van der Waals surface area contributed by atoms with Crippen molar-refractivity contribution in [1.82, 2.24) is 4.57 Å². The van der Waals surface area contributed by atoms with E-state index in [1.165, 1.54) is 61.0 Å². The van der Waals surface area contributed by atoms with Crippen molar-refractivity contribution in [3.8, 4) is 50.2 Å². The van der Waals surface area contributed by atoms with Gasteiger partial charge in [0.05, 0.1) is 22.4 Å². The van der Waals surface area contributed by atoms with Gasteiger partial charge in [-0.1, -0.05) is 146 Å². The standard InChI is InChI=1S/C54H34N2O/c1-2-12-35(13-3-1)36-24-29-39(30-25-36)55(50-21-10-18-45-41-14-4-5-17-44(41)53(45)50)40-31-26-37(27-32-40)38-28-33-49-47(34-38)42-15-6-8-20-48(42)56(49)51-22-11-19-46-43-16-7-9-23-52(43)57-54(46)51/h1-34H. The van der Waals surface area contributed by atoms with Crippen molar-refractivity contribution >= 4 is 60.8 Å². The van der Waals surface area contributed by atoms with E-state index < -0.39 is 0 Å². The Balaban J connectivity index is 0.968. The highest BCUT2D eigenvalue weighted by atomic mass is 16.3. The summed E-state index contributed by atoms with van der Waals surface area (Å²) in [5, 5.41) is 4.68. The minimum atomic E-state index is 0.900. The Hall–Kier alpha value is -7.62. The van der Waals surface area contributed by atoms with Gasteiger partial charge in [-0.3, -0.25) is 0 Å². The van der Waals surface area contributed by atoms with Gasteiger partial charge in [0.15, 0.2) is 5.58 Å². The molecule has 0 radical (unpaired) electrons. The van der Waals surface area contributed by atoms with Crippen molar-refractivity contribution in [2.45, 2.75) is 0 Å². The molecule has 57 heavy (non-hydrogen) atoms. The normalized spacial score (nSPS) is 11.9. The van der Waals surface area contributed by atoms with Crippen LogP contribution < -0.4 is 4.90 Å². The van der Waals surface area contributed by atoms with E-state index in [9.17, 15) is 0 Å². The molecule has 0 bridgehead atoms. The van der Waals surface area contributed by atoms with Crippen molar-refractivity contribution in [1.29, 1.82) is 0 Å². The van der Waals surface area contributed by atoms with Gasteiger partial charge in [0.1, 0.15) is 5.58 Å². The minimum absolute atomic E-state index is 0.900. The molecule has 266 valence electrons. The third-order valence-corrected chi connectivity index (χ3v) is 11.8. The molecule has 0 saturated heterocycles. The summed E-state index contributed by atoms with van der Waals surface area (Å²) in [6, 6.07) is 74.3. The molecule has 0 amide bonds. The highest BCUT2D eigenvalue weighted by Gasteiger charge is 2.28. The lowest BCUT2D eigenvalue weighted by Crippen LogP contribution is -2.13. The van der Waals surface area contributed by atoms with E-state index >= 15 is 0 Å². The second kappa shape index (κ2) is 12.5. The lowest BCUT2D eigenvalue weighted by atomic mass is 9.79. The van der Waals surface area contributed by atoms with Gasteiger partial charge in [-0.2, -0.15) is 0 Å². The van der Waals surface area contributed by atoms with E-state index in [0.717, 1.165) is 50.0 Å². The molecule has 0 aliphatic heterocycles. The van der Waals surface area contributed by atoms with E-state index in [2.05, 4.69) is 204 Å². The second-order valence-corrected chi connectivity index (χ2v) is 14.9. The third kappa shape index (κ3) is 4.86. The Morgan fingerprint density at radius 3 is 1.75 bits per heavy atom. The summed E-state index contributed by atoms with van der Waals surface area (Å²) in [5.74, 6) is 0. The molecule has 0 N–H and O–H groups in total. The van der Waals surface area contributed by atoms with Gasteiger partial charge < -0.3 is 13.9 Å². The molecule has 2 heterocycles. The van der Waals surface area contributed by atoms with Crippen molar-refractivity contribution < 1.29 is 4.42 Å². The van der Waals surface area contributed by atoms with Crippen molar-refractivity contribution in [2.75, 3.05) is 4.90 Å². The minimum Gasteiger partial charge on any atom is -0.454 e. The monoisotopic (exact) mass is 726 g/mol. The Labute approximate surface area is 329 Å². The van der Waals surface area contributed by atoms with E-state index in [4.69, 9.17) is 4.42 Å². The SMILES string of the molecule is c1ccc(-c2ccc(N(c3ccc(-c4ccc5c(c4)c4ccccc4n5-c4cccc5c4oc4ccccc45)cc3)c3cccc4c3-c3ccccc3-4)cc2)cc1. The van der Waals surface area contributed by atoms with Crippen LogP contribution in [0.5, 0.6) is 0 Å². The summed E-state index contributed by atoms with van der Waals surface area (Å²) in [4.78, 5) is 2.41. The molecule has 0 atom stereocenters. The van der Waals surface area contributed by atoms with Crippen LogP contribution in [0.15, 0.2) is 211 Å². The van der Waals surface area contributed by atoms with Crippen LogP contribution in [0.2, 0.25) is 0 Å². The molecule has 3 heteroatoms. The lowest BCUT2D eigenvalue weighted by Gasteiger charge is -2.33. The number of nitrogens with zero attached hydrogens (tertiary/aromatic N) is 2. The molecule has 9 aromatic carbocycles. The van der Waals surface area contributed by atoms with Crippen molar-refractivity contribution in [3.05, 3.63) is 206 Å². The zero-order chi connectivity index (χ0) is 37.5. The van der Waals surface area contributed by atoms with E-state index in [1.54, 1.807) is 0 Å². The maximum atomic E-state index is 6.53.